The SMILES string of the molecule is NCC1(c2ccc3c(c2)C=CS3(=O)=O)CCCCC1. The van der Waals surface area contributed by atoms with Gasteiger partial charge in [-0.3, -0.25) is 0 Å². The number of hydrogen-bond acceptors (Lipinski definition) is 3. The van der Waals surface area contributed by atoms with E-state index in [0.717, 1.165) is 18.4 Å². The van der Waals surface area contributed by atoms with Crippen molar-refractivity contribution in [2.24, 2.45) is 5.73 Å². The van der Waals surface area contributed by atoms with Crippen LogP contribution in [0.2, 0.25) is 0 Å². The van der Waals surface area contributed by atoms with Gasteiger partial charge in [-0.2, -0.15) is 0 Å². The van der Waals surface area contributed by atoms with Crippen LogP contribution in [0, 0.1) is 0 Å². The van der Waals surface area contributed by atoms with E-state index >= 15 is 0 Å². The molecule has 0 aromatic heterocycles. The van der Waals surface area contributed by atoms with E-state index in [0.29, 0.717) is 11.4 Å². The monoisotopic (exact) mass is 277 g/mol. The van der Waals surface area contributed by atoms with Crippen LogP contribution in [0.25, 0.3) is 6.08 Å². The van der Waals surface area contributed by atoms with Crippen molar-refractivity contribution in [2.75, 3.05) is 6.54 Å². The Kier molecular flexibility index (Phi) is 3.02. The van der Waals surface area contributed by atoms with Crippen molar-refractivity contribution in [3.63, 3.8) is 0 Å². The number of nitrogens with two attached hydrogens (primary N) is 1. The zero-order valence-corrected chi connectivity index (χ0v) is 11.7. The van der Waals surface area contributed by atoms with Crippen LogP contribution in [0.15, 0.2) is 28.5 Å². The maximum atomic E-state index is 11.8. The van der Waals surface area contributed by atoms with Gasteiger partial charge in [-0.25, -0.2) is 8.42 Å². The van der Waals surface area contributed by atoms with Crippen molar-refractivity contribution in [1.29, 1.82) is 0 Å². The molecule has 0 bridgehead atoms. The van der Waals surface area contributed by atoms with Gasteiger partial charge in [0.15, 0.2) is 9.84 Å². The van der Waals surface area contributed by atoms with Gasteiger partial charge in [-0.05, 0) is 42.2 Å². The Labute approximate surface area is 114 Å². The van der Waals surface area contributed by atoms with Gasteiger partial charge in [0.1, 0.15) is 0 Å². The molecule has 1 heterocycles. The summed E-state index contributed by atoms with van der Waals surface area (Å²) in [5.41, 5.74) is 8.10. The second-order valence-electron chi connectivity index (χ2n) is 5.65. The van der Waals surface area contributed by atoms with E-state index in [2.05, 4.69) is 0 Å². The third kappa shape index (κ3) is 2.03. The Balaban J connectivity index is 2.05. The molecule has 2 aliphatic rings. The lowest BCUT2D eigenvalue weighted by atomic mass is 9.69. The maximum Gasteiger partial charge on any atom is 0.200 e. The minimum atomic E-state index is -3.19. The molecule has 0 unspecified atom stereocenters. The second kappa shape index (κ2) is 4.46. The summed E-state index contributed by atoms with van der Waals surface area (Å²) in [7, 11) is -3.19. The molecule has 0 atom stereocenters. The van der Waals surface area contributed by atoms with Gasteiger partial charge in [0.05, 0.1) is 4.90 Å². The summed E-state index contributed by atoms with van der Waals surface area (Å²) < 4.78 is 23.6. The van der Waals surface area contributed by atoms with Crippen molar-refractivity contribution in [3.05, 3.63) is 34.7 Å². The molecule has 1 fully saturated rings. The minimum Gasteiger partial charge on any atom is -0.330 e. The zero-order valence-electron chi connectivity index (χ0n) is 10.9. The van der Waals surface area contributed by atoms with Crippen LogP contribution in [0.3, 0.4) is 0 Å². The smallest absolute Gasteiger partial charge is 0.200 e. The van der Waals surface area contributed by atoms with Crippen molar-refractivity contribution >= 4 is 15.9 Å². The third-order valence-corrected chi connectivity index (χ3v) is 6.04. The molecular formula is C15H19NO2S. The highest BCUT2D eigenvalue weighted by molar-refractivity contribution is 7.94. The van der Waals surface area contributed by atoms with Crippen molar-refractivity contribution in [2.45, 2.75) is 42.4 Å². The van der Waals surface area contributed by atoms with Crippen LogP contribution in [-0.4, -0.2) is 15.0 Å². The molecule has 0 spiro atoms. The molecule has 2 N–H and O–H groups in total. The molecule has 0 radical (unpaired) electrons. The van der Waals surface area contributed by atoms with Crippen LogP contribution in [0.5, 0.6) is 0 Å². The molecule has 3 nitrogen and oxygen atoms in total. The first-order valence-corrected chi connectivity index (χ1v) is 8.40. The quantitative estimate of drug-likeness (QED) is 0.904. The standard InChI is InChI=1S/C15H19NO2S/c16-11-15(7-2-1-3-8-15)13-4-5-14-12(10-13)6-9-19(14,17)18/h4-6,9-10H,1-3,7-8,11,16H2. The Bertz CT molecular complexity index is 626. The van der Waals surface area contributed by atoms with E-state index in [1.165, 1.54) is 30.2 Å². The molecule has 0 amide bonds. The summed E-state index contributed by atoms with van der Waals surface area (Å²) in [6.07, 6.45) is 7.62. The highest BCUT2D eigenvalue weighted by Gasteiger charge is 2.33. The first kappa shape index (κ1) is 12.9. The molecule has 3 rings (SSSR count). The molecule has 1 saturated carbocycles. The van der Waals surface area contributed by atoms with Crippen molar-refractivity contribution in [1.82, 2.24) is 0 Å². The second-order valence-corrected chi connectivity index (χ2v) is 7.45. The van der Waals surface area contributed by atoms with Crippen LogP contribution < -0.4 is 5.73 Å². The van der Waals surface area contributed by atoms with Gasteiger partial charge >= 0.3 is 0 Å². The van der Waals surface area contributed by atoms with E-state index < -0.39 is 9.84 Å². The Morgan fingerprint density at radius 1 is 1.16 bits per heavy atom. The molecule has 1 aliphatic heterocycles. The average molecular weight is 277 g/mol. The van der Waals surface area contributed by atoms with Gasteiger partial charge in [-0.1, -0.05) is 25.3 Å². The topological polar surface area (TPSA) is 60.2 Å². The summed E-state index contributed by atoms with van der Waals surface area (Å²) in [5.74, 6) is 0. The van der Waals surface area contributed by atoms with E-state index in [-0.39, 0.29) is 5.41 Å². The Morgan fingerprint density at radius 2 is 1.89 bits per heavy atom. The van der Waals surface area contributed by atoms with Crippen LogP contribution in [0.1, 0.15) is 43.2 Å². The lowest BCUT2D eigenvalue weighted by molar-refractivity contribution is 0.300. The molecule has 19 heavy (non-hydrogen) atoms. The predicted octanol–water partition coefficient (Wildman–Crippen LogP) is 2.61. The average Bonchev–Trinajstić information content (AvgIpc) is 2.75. The van der Waals surface area contributed by atoms with E-state index in [9.17, 15) is 8.42 Å². The van der Waals surface area contributed by atoms with Gasteiger partial charge in [0, 0.05) is 17.4 Å². The van der Waals surface area contributed by atoms with Crippen molar-refractivity contribution in [3.8, 4) is 0 Å². The fourth-order valence-corrected chi connectivity index (χ4v) is 4.53. The lowest BCUT2D eigenvalue weighted by Crippen LogP contribution is -2.37. The van der Waals surface area contributed by atoms with E-state index in [1.54, 1.807) is 12.1 Å². The van der Waals surface area contributed by atoms with Gasteiger partial charge < -0.3 is 5.73 Å². The van der Waals surface area contributed by atoms with E-state index in [1.807, 2.05) is 12.1 Å². The molecule has 1 aromatic carbocycles. The fraction of sp³-hybridized carbons (Fsp3) is 0.467. The highest BCUT2D eigenvalue weighted by atomic mass is 32.2. The molecular weight excluding hydrogens is 258 g/mol. The molecule has 1 aromatic rings. The number of sulfone groups is 1. The first-order valence-electron chi connectivity index (χ1n) is 6.85. The molecule has 102 valence electrons. The maximum absolute atomic E-state index is 11.8. The van der Waals surface area contributed by atoms with Crippen LogP contribution >= 0.6 is 0 Å². The molecule has 0 saturated heterocycles. The number of rotatable bonds is 2. The number of fused-ring (bicyclic) bond motifs is 1. The molecule has 1 aliphatic carbocycles. The normalized spacial score (nSPS) is 23.2. The summed E-state index contributed by atoms with van der Waals surface area (Å²) in [6, 6.07) is 5.72. The van der Waals surface area contributed by atoms with Crippen LogP contribution in [0.4, 0.5) is 0 Å². The first-order chi connectivity index (χ1) is 9.07. The van der Waals surface area contributed by atoms with Crippen LogP contribution in [-0.2, 0) is 15.3 Å². The Morgan fingerprint density at radius 3 is 2.58 bits per heavy atom. The largest absolute Gasteiger partial charge is 0.330 e. The minimum absolute atomic E-state index is 0.0491. The fourth-order valence-electron chi connectivity index (χ4n) is 3.34. The zero-order chi connectivity index (χ0) is 13.5. The van der Waals surface area contributed by atoms with Crippen molar-refractivity contribution < 1.29 is 8.42 Å². The summed E-state index contributed by atoms with van der Waals surface area (Å²) in [6.45, 7) is 0.641. The predicted molar refractivity (Wildman–Crippen MR) is 76.5 cm³/mol. The number of benzene rings is 1. The summed E-state index contributed by atoms with van der Waals surface area (Å²) in [4.78, 5) is 0.430. The Hall–Kier alpha value is -1.13. The van der Waals surface area contributed by atoms with Gasteiger partial charge in [0.2, 0.25) is 0 Å². The highest BCUT2D eigenvalue weighted by Crippen LogP contribution is 2.40. The summed E-state index contributed by atoms with van der Waals surface area (Å²) in [5, 5.41) is 1.29. The third-order valence-electron chi connectivity index (χ3n) is 4.56. The van der Waals surface area contributed by atoms with E-state index in [4.69, 9.17) is 5.73 Å². The van der Waals surface area contributed by atoms with Gasteiger partial charge in [-0.15, -0.1) is 0 Å². The van der Waals surface area contributed by atoms with Gasteiger partial charge in [0.25, 0.3) is 0 Å². The summed E-state index contributed by atoms with van der Waals surface area (Å²) >= 11 is 0. The lowest BCUT2D eigenvalue weighted by Gasteiger charge is -2.37. The molecule has 4 heteroatoms. The number of hydrogen-bond donors (Lipinski definition) is 1.